The quantitative estimate of drug-likeness (QED) is 0.502. The summed E-state index contributed by atoms with van der Waals surface area (Å²) in [6.07, 6.45) is 3.67. The lowest BCUT2D eigenvalue weighted by atomic mass is 10.00. The van der Waals surface area contributed by atoms with Crippen molar-refractivity contribution in [3.63, 3.8) is 0 Å². The summed E-state index contributed by atoms with van der Waals surface area (Å²) >= 11 is 1.76. The fraction of sp³-hybridized carbons (Fsp3) is 0.500. The minimum absolute atomic E-state index is 0.0870. The zero-order valence-electron chi connectivity index (χ0n) is 19.5. The van der Waals surface area contributed by atoms with Gasteiger partial charge in [0, 0.05) is 24.0 Å². The number of carbonyl (C=O) groups is 1. The third kappa shape index (κ3) is 6.44. The standard InChI is InChI=1S/C26H36N2O3S/c1-5-6-7-21(29)16-27(19(2)3)17-26(30)28-14-12-25-23(13-15-32-25)24(28)18-31-22-10-8-20(4)9-11-22/h5,8-11,13,15,19,21,24,29H,1,6-7,12,14,16-18H2,2-4H3/t21-,24-/m0/s1. The second kappa shape index (κ2) is 11.6. The van der Waals surface area contributed by atoms with Crippen LogP contribution in [0.5, 0.6) is 5.75 Å². The molecule has 2 aromatic rings. The smallest absolute Gasteiger partial charge is 0.237 e. The second-order valence-electron chi connectivity index (χ2n) is 8.82. The number of hydrogen-bond donors (Lipinski definition) is 1. The van der Waals surface area contributed by atoms with Crippen LogP contribution in [0.1, 0.15) is 48.7 Å². The zero-order chi connectivity index (χ0) is 23.1. The van der Waals surface area contributed by atoms with Gasteiger partial charge in [-0.1, -0.05) is 23.8 Å². The highest BCUT2D eigenvalue weighted by Crippen LogP contribution is 2.34. The van der Waals surface area contributed by atoms with Gasteiger partial charge in [-0.15, -0.1) is 17.9 Å². The molecule has 174 valence electrons. The first-order valence-corrected chi connectivity index (χ1v) is 12.3. The van der Waals surface area contributed by atoms with E-state index in [1.807, 2.05) is 35.2 Å². The summed E-state index contributed by atoms with van der Waals surface area (Å²) in [5, 5.41) is 12.5. The van der Waals surface area contributed by atoms with Crippen LogP contribution in [-0.4, -0.2) is 59.2 Å². The van der Waals surface area contributed by atoms with Crippen molar-refractivity contribution in [3.05, 3.63) is 64.4 Å². The monoisotopic (exact) mass is 456 g/mol. The molecule has 5 nitrogen and oxygen atoms in total. The van der Waals surface area contributed by atoms with Gasteiger partial charge in [-0.05, 0) is 69.2 Å². The Balaban J connectivity index is 1.70. The van der Waals surface area contributed by atoms with E-state index in [1.165, 1.54) is 16.0 Å². The van der Waals surface area contributed by atoms with E-state index in [-0.39, 0.29) is 18.0 Å². The Morgan fingerprint density at radius 3 is 2.78 bits per heavy atom. The molecule has 0 unspecified atom stereocenters. The van der Waals surface area contributed by atoms with Crippen LogP contribution in [0.15, 0.2) is 48.4 Å². The predicted octanol–water partition coefficient (Wildman–Crippen LogP) is 4.60. The van der Waals surface area contributed by atoms with Crippen molar-refractivity contribution in [2.45, 2.75) is 58.2 Å². The van der Waals surface area contributed by atoms with Crippen LogP contribution in [-0.2, 0) is 11.2 Å². The minimum Gasteiger partial charge on any atom is -0.491 e. The van der Waals surface area contributed by atoms with Crippen molar-refractivity contribution < 1.29 is 14.6 Å². The summed E-state index contributed by atoms with van der Waals surface area (Å²) in [6, 6.07) is 10.2. The van der Waals surface area contributed by atoms with Gasteiger partial charge in [-0.2, -0.15) is 0 Å². The maximum atomic E-state index is 13.4. The molecule has 1 aromatic carbocycles. The van der Waals surface area contributed by atoms with E-state index in [4.69, 9.17) is 4.74 Å². The van der Waals surface area contributed by atoms with E-state index >= 15 is 0 Å². The van der Waals surface area contributed by atoms with Crippen LogP contribution in [0.2, 0.25) is 0 Å². The fourth-order valence-corrected chi connectivity index (χ4v) is 5.01. The molecular weight excluding hydrogens is 420 g/mol. The normalized spacial score (nSPS) is 16.8. The first kappa shape index (κ1) is 24.5. The van der Waals surface area contributed by atoms with Crippen LogP contribution in [0, 0.1) is 6.92 Å². The molecule has 1 amide bonds. The number of fused-ring (bicyclic) bond motifs is 1. The summed E-state index contributed by atoms with van der Waals surface area (Å²) in [7, 11) is 0. The molecule has 0 aliphatic carbocycles. The third-order valence-corrected chi connectivity index (χ3v) is 7.06. The number of thiophene rings is 1. The van der Waals surface area contributed by atoms with Crippen LogP contribution < -0.4 is 4.74 Å². The van der Waals surface area contributed by atoms with Gasteiger partial charge in [0.1, 0.15) is 12.4 Å². The summed E-state index contributed by atoms with van der Waals surface area (Å²) in [5.74, 6) is 0.906. The molecule has 1 aliphatic rings. The molecule has 32 heavy (non-hydrogen) atoms. The van der Waals surface area contributed by atoms with Gasteiger partial charge in [0.05, 0.1) is 18.7 Å². The molecule has 3 rings (SSSR count). The van der Waals surface area contributed by atoms with Gasteiger partial charge in [0.15, 0.2) is 0 Å². The number of rotatable bonds is 11. The molecule has 1 aromatic heterocycles. The number of aryl methyl sites for hydroxylation is 1. The van der Waals surface area contributed by atoms with Crippen LogP contribution >= 0.6 is 11.3 Å². The lowest BCUT2D eigenvalue weighted by molar-refractivity contribution is -0.137. The molecule has 0 radical (unpaired) electrons. The van der Waals surface area contributed by atoms with Crippen molar-refractivity contribution >= 4 is 17.2 Å². The van der Waals surface area contributed by atoms with E-state index in [9.17, 15) is 9.90 Å². The highest BCUT2D eigenvalue weighted by atomic mass is 32.1. The van der Waals surface area contributed by atoms with Crippen molar-refractivity contribution in [2.75, 3.05) is 26.2 Å². The van der Waals surface area contributed by atoms with Crippen LogP contribution in [0.4, 0.5) is 0 Å². The summed E-state index contributed by atoms with van der Waals surface area (Å²) < 4.78 is 6.12. The van der Waals surface area contributed by atoms with Gasteiger partial charge in [-0.25, -0.2) is 0 Å². The van der Waals surface area contributed by atoms with E-state index in [0.717, 1.165) is 18.6 Å². The third-order valence-electron chi connectivity index (χ3n) is 6.06. The predicted molar refractivity (Wildman–Crippen MR) is 131 cm³/mol. The SMILES string of the molecule is C=CCC[C@H](O)CN(CC(=O)N1CCc2sccc2[C@@H]1COc1ccc(C)cc1)C(C)C. The number of amides is 1. The molecule has 0 saturated carbocycles. The van der Waals surface area contributed by atoms with Crippen LogP contribution in [0.3, 0.4) is 0 Å². The summed E-state index contributed by atoms with van der Waals surface area (Å²) in [4.78, 5) is 18.8. The summed E-state index contributed by atoms with van der Waals surface area (Å²) in [6.45, 7) is 11.8. The van der Waals surface area contributed by atoms with E-state index < -0.39 is 6.10 Å². The van der Waals surface area contributed by atoms with Crippen molar-refractivity contribution in [2.24, 2.45) is 0 Å². The molecule has 2 heterocycles. The van der Waals surface area contributed by atoms with Gasteiger partial charge >= 0.3 is 0 Å². The number of carbonyl (C=O) groups excluding carboxylic acids is 1. The molecule has 0 spiro atoms. The molecule has 1 N–H and O–H groups in total. The average molecular weight is 457 g/mol. The van der Waals surface area contributed by atoms with Gasteiger partial charge in [0.25, 0.3) is 0 Å². The first-order valence-electron chi connectivity index (χ1n) is 11.5. The highest BCUT2D eigenvalue weighted by molar-refractivity contribution is 7.10. The van der Waals surface area contributed by atoms with Crippen LogP contribution in [0.25, 0.3) is 0 Å². The Bertz CT molecular complexity index is 877. The number of aliphatic hydroxyl groups excluding tert-OH is 1. The Labute approximate surface area is 196 Å². The van der Waals surface area contributed by atoms with Crippen molar-refractivity contribution in [1.82, 2.24) is 9.80 Å². The van der Waals surface area contributed by atoms with Crippen molar-refractivity contribution in [3.8, 4) is 5.75 Å². The number of benzene rings is 1. The number of hydrogen-bond acceptors (Lipinski definition) is 5. The number of nitrogens with zero attached hydrogens (tertiary/aromatic N) is 2. The second-order valence-corrected chi connectivity index (χ2v) is 9.82. The van der Waals surface area contributed by atoms with E-state index in [0.29, 0.717) is 32.7 Å². The molecule has 0 saturated heterocycles. The lowest BCUT2D eigenvalue weighted by Crippen LogP contribution is -2.49. The zero-order valence-corrected chi connectivity index (χ0v) is 20.3. The Kier molecular flexibility index (Phi) is 8.91. The lowest BCUT2D eigenvalue weighted by Gasteiger charge is -2.38. The van der Waals surface area contributed by atoms with E-state index in [2.05, 4.69) is 43.7 Å². The number of ether oxygens (including phenoxy) is 1. The molecule has 2 atom stereocenters. The first-order chi connectivity index (χ1) is 15.4. The largest absolute Gasteiger partial charge is 0.491 e. The minimum atomic E-state index is -0.464. The average Bonchev–Trinajstić information content (AvgIpc) is 3.25. The molecule has 6 heteroatoms. The Morgan fingerprint density at radius 2 is 2.09 bits per heavy atom. The number of allylic oxidation sites excluding steroid dienone is 1. The van der Waals surface area contributed by atoms with Gasteiger partial charge in [-0.3, -0.25) is 9.69 Å². The topological polar surface area (TPSA) is 53.0 Å². The van der Waals surface area contributed by atoms with E-state index in [1.54, 1.807) is 11.3 Å². The summed E-state index contributed by atoms with van der Waals surface area (Å²) in [5.41, 5.74) is 2.39. The Morgan fingerprint density at radius 1 is 1.34 bits per heavy atom. The molecule has 1 aliphatic heterocycles. The molecule has 0 bridgehead atoms. The number of aliphatic hydroxyl groups is 1. The fourth-order valence-electron chi connectivity index (χ4n) is 4.08. The maximum Gasteiger partial charge on any atom is 0.237 e. The molecular formula is C26H36N2O3S. The maximum absolute atomic E-state index is 13.4. The van der Waals surface area contributed by atoms with Gasteiger partial charge in [0.2, 0.25) is 5.91 Å². The Hall–Kier alpha value is -2.15. The van der Waals surface area contributed by atoms with Gasteiger partial charge < -0.3 is 14.7 Å². The molecule has 0 fully saturated rings. The van der Waals surface area contributed by atoms with Crippen molar-refractivity contribution in [1.29, 1.82) is 0 Å². The highest BCUT2D eigenvalue weighted by Gasteiger charge is 2.33.